The molecule has 2 amide bonds. The molecule has 5 heteroatoms. The Kier molecular flexibility index (Phi) is 6.26. The minimum absolute atomic E-state index is 0.0128. The molecule has 2 atom stereocenters. The van der Waals surface area contributed by atoms with Crippen LogP contribution < -0.4 is 10.1 Å². The zero-order valence-corrected chi connectivity index (χ0v) is 18.7. The second-order valence-corrected chi connectivity index (χ2v) is 8.35. The van der Waals surface area contributed by atoms with Crippen molar-refractivity contribution < 1.29 is 14.3 Å². The van der Waals surface area contributed by atoms with Crippen molar-refractivity contribution in [3.8, 4) is 11.5 Å². The maximum atomic E-state index is 12.8. The number of aryl methyl sites for hydroxylation is 1. The molecule has 0 spiro atoms. The molecule has 1 heterocycles. The summed E-state index contributed by atoms with van der Waals surface area (Å²) in [6.45, 7) is 6.51. The molecule has 3 aromatic carbocycles. The Hall–Kier alpha value is -3.60. The van der Waals surface area contributed by atoms with Crippen LogP contribution in [0.2, 0.25) is 0 Å². The summed E-state index contributed by atoms with van der Waals surface area (Å²) in [5.41, 5.74) is 4.03. The second-order valence-electron chi connectivity index (χ2n) is 8.35. The molecule has 0 unspecified atom stereocenters. The Morgan fingerprint density at radius 3 is 2.44 bits per heavy atom. The largest absolute Gasteiger partial charge is 0.457 e. The highest BCUT2D eigenvalue weighted by atomic mass is 16.5. The lowest BCUT2D eigenvalue weighted by Gasteiger charge is -2.25. The Morgan fingerprint density at radius 1 is 1.00 bits per heavy atom. The lowest BCUT2D eigenvalue weighted by molar-refractivity contribution is -0.129. The zero-order chi connectivity index (χ0) is 22.7. The predicted molar refractivity (Wildman–Crippen MR) is 126 cm³/mol. The third kappa shape index (κ3) is 4.67. The molecule has 5 nitrogen and oxygen atoms in total. The lowest BCUT2D eigenvalue weighted by Crippen LogP contribution is -2.30. The van der Waals surface area contributed by atoms with Crippen LogP contribution in [0.4, 0.5) is 5.69 Å². The standard InChI is InChI=1S/C27H28N2O3/c1-18-8-7-11-25(19(18)2)32-24-14-12-23(13-15-24)28-27(31)22-16-26(30)29(17-22)20(3)21-9-5-4-6-10-21/h4-15,20,22H,16-17H2,1-3H3,(H,28,31)/t20-,22-/m0/s1. The van der Waals surface area contributed by atoms with E-state index in [1.807, 2.05) is 80.6 Å². The Morgan fingerprint density at radius 2 is 1.72 bits per heavy atom. The van der Waals surface area contributed by atoms with Crippen molar-refractivity contribution in [3.05, 3.63) is 89.5 Å². The third-order valence-electron chi connectivity index (χ3n) is 6.18. The van der Waals surface area contributed by atoms with E-state index in [4.69, 9.17) is 4.74 Å². The molecule has 1 fully saturated rings. The highest BCUT2D eigenvalue weighted by Crippen LogP contribution is 2.30. The number of rotatable bonds is 6. The van der Waals surface area contributed by atoms with Gasteiger partial charge in [0.05, 0.1) is 12.0 Å². The summed E-state index contributed by atoms with van der Waals surface area (Å²) >= 11 is 0. The molecule has 0 aromatic heterocycles. The van der Waals surface area contributed by atoms with Gasteiger partial charge in [-0.1, -0.05) is 42.5 Å². The molecule has 1 aliphatic heterocycles. The summed E-state index contributed by atoms with van der Waals surface area (Å²) < 4.78 is 5.98. The molecule has 0 aliphatic carbocycles. The first kappa shape index (κ1) is 21.6. The van der Waals surface area contributed by atoms with E-state index in [1.54, 1.807) is 4.90 Å². The average Bonchev–Trinajstić information content (AvgIpc) is 3.20. The summed E-state index contributed by atoms with van der Waals surface area (Å²) in [7, 11) is 0. The van der Waals surface area contributed by atoms with Crippen molar-refractivity contribution in [2.45, 2.75) is 33.2 Å². The highest BCUT2D eigenvalue weighted by molar-refractivity contribution is 5.97. The van der Waals surface area contributed by atoms with Crippen molar-refractivity contribution in [2.24, 2.45) is 5.92 Å². The normalized spacial score (nSPS) is 16.7. The molecule has 0 bridgehead atoms. The van der Waals surface area contributed by atoms with Crippen molar-refractivity contribution in [3.63, 3.8) is 0 Å². The summed E-state index contributed by atoms with van der Waals surface area (Å²) in [5.74, 6) is 1.04. The van der Waals surface area contributed by atoms with Gasteiger partial charge in [0.1, 0.15) is 11.5 Å². The SMILES string of the molecule is Cc1cccc(Oc2ccc(NC(=O)[C@H]3CC(=O)N([C@@H](C)c4ccccc4)C3)cc2)c1C. The number of amides is 2. The van der Waals surface area contributed by atoms with Gasteiger partial charge in [-0.3, -0.25) is 9.59 Å². The van der Waals surface area contributed by atoms with Gasteiger partial charge in [-0.25, -0.2) is 0 Å². The van der Waals surface area contributed by atoms with Crippen LogP contribution in [-0.2, 0) is 9.59 Å². The van der Waals surface area contributed by atoms with E-state index >= 15 is 0 Å². The van der Waals surface area contributed by atoms with Crippen LogP contribution in [0.3, 0.4) is 0 Å². The number of hydrogen-bond donors (Lipinski definition) is 1. The van der Waals surface area contributed by atoms with Crippen LogP contribution in [0.25, 0.3) is 0 Å². The monoisotopic (exact) mass is 428 g/mol. The van der Waals surface area contributed by atoms with E-state index in [1.165, 1.54) is 5.56 Å². The fourth-order valence-corrected chi connectivity index (χ4v) is 4.01. The van der Waals surface area contributed by atoms with Crippen LogP contribution >= 0.6 is 0 Å². The van der Waals surface area contributed by atoms with Gasteiger partial charge >= 0.3 is 0 Å². The number of likely N-dealkylation sites (tertiary alicyclic amines) is 1. The van der Waals surface area contributed by atoms with Crippen LogP contribution in [0.15, 0.2) is 72.8 Å². The number of carbonyl (C=O) groups excluding carboxylic acids is 2. The topological polar surface area (TPSA) is 58.6 Å². The first-order valence-corrected chi connectivity index (χ1v) is 10.9. The molecule has 1 aliphatic rings. The van der Waals surface area contributed by atoms with Gasteiger partial charge in [0, 0.05) is 18.7 Å². The summed E-state index contributed by atoms with van der Waals surface area (Å²) in [5, 5.41) is 2.94. The number of benzene rings is 3. The van der Waals surface area contributed by atoms with Gasteiger partial charge in [0.2, 0.25) is 11.8 Å². The average molecular weight is 429 g/mol. The van der Waals surface area contributed by atoms with Crippen LogP contribution in [0.1, 0.15) is 36.1 Å². The Balaban J connectivity index is 1.37. The third-order valence-corrected chi connectivity index (χ3v) is 6.18. The lowest BCUT2D eigenvalue weighted by atomic mass is 10.1. The van der Waals surface area contributed by atoms with E-state index in [0.717, 1.165) is 16.9 Å². The van der Waals surface area contributed by atoms with E-state index in [0.29, 0.717) is 18.0 Å². The van der Waals surface area contributed by atoms with Crippen molar-refractivity contribution in [1.82, 2.24) is 4.90 Å². The minimum Gasteiger partial charge on any atom is -0.457 e. The van der Waals surface area contributed by atoms with Crippen molar-refractivity contribution in [1.29, 1.82) is 0 Å². The summed E-state index contributed by atoms with van der Waals surface area (Å²) in [6, 6.07) is 23.1. The number of carbonyl (C=O) groups is 2. The molecule has 1 N–H and O–H groups in total. The zero-order valence-electron chi connectivity index (χ0n) is 18.7. The number of nitrogens with one attached hydrogen (secondary N) is 1. The Bertz CT molecular complexity index is 1110. The van der Waals surface area contributed by atoms with Gasteiger partial charge in [-0.05, 0) is 67.8 Å². The molecule has 4 rings (SSSR count). The summed E-state index contributed by atoms with van der Waals surface area (Å²) in [4.78, 5) is 27.1. The first-order chi connectivity index (χ1) is 15.4. The maximum absolute atomic E-state index is 12.8. The van der Waals surface area contributed by atoms with Crippen molar-refractivity contribution >= 4 is 17.5 Å². The van der Waals surface area contributed by atoms with Crippen LogP contribution in [0.5, 0.6) is 11.5 Å². The highest BCUT2D eigenvalue weighted by Gasteiger charge is 2.37. The number of nitrogens with zero attached hydrogens (tertiary/aromatic N) is 1. The van der Waals surface area contributed by atoms with Gasteiger partial charge in [-0.2, -0.15) is 0 Å². The molecule has 3 aromatic rings. The summed E-state index contributed by atoms with van der Waals surface area (Å²) in [6.07, 6.45) is 0.233. The van der Waals surface area contributed by atoms with Crippen LogP contribution in [0, 0.1) is 19.8 Å². The van der Waals surface area contributed by atoms with Gasteiger partial charge in [-0.15, -0.1) is 0 Å². The maximum Gasteiger partial charge on any atom is 0.229 e. The van der Waals surface area contributed by atoms with E-state index in [-0.39, 0.29) is 30.2 Å². The molecule has 32 heavy (non-hydrogen) atoms. The number of hydrogen-bond acceptors (Lipinski definition) is 3. The van der Waals surface area contributed by atoms with Gasteiger partial charge in [0.25, 0.3) is 0 Å². The van der Waals surface area contributed by atoms with E-state index in [9.17, 15) is 9.59 Å². The minimum atomic E-state index is -0.362. The first-order valence-electron chi connectivity index (χ1n) is 10.9. The van der Waals surface area contributed by atoms with Crippen LogP contribution in [-0.4, -0.2) is 23.3 Å². The molecule has 1 saturated heterocycles. The van der Waals surface area contributed by atoms with Crippen molar-refractivity contribution in [2.75, 3.05) is 11.9 Å². The fraction of sp³-hybridized carbons (Fsp3) is 0.259. The molecule has 0 radical (unpaired) electrons. The van der Waals surface area contributed by atoms with E-state index in [2.05, 4.69) is 18.3 Å². The smallest absolute Gasteiger partial charge is 0.229 e. The second kappa shape index (κ2) is 9.27. The molecular weight excluding hydrogens is 400 g/mol. The van der Waals surface area contributed by atoms with Gasteiger partial charge < -0.3 is 15.0 Å². The Labute approximate surface area is 189 Å². The van der Waals surface area contributed by atoms with E-state index < -0.39 is 0 Å². The fourth-order valence-electron chi connectivity index (χ4n) is 4.01. The predicted octanol–water partition coefficient (Wildman–Crippen LogP) is 5.64. The quantitative estimate of drug-likeness (QED) is 0.552. The molecular formula is C27H28N2O3. The number of ether oxygens (including phenoxy) is 1. The molecule has 0 saturated carbocycles. The molecule has 164 valence electrons. The number of anilines is 1. The van der Waals surface area contributed by atoms with Gasteiger partial charge in [0.15, 0.2) is 0 Å².